The predicted octanol–water partition coefficient (Wildman–Crippen LogP) is 5.21. The Morgan fingerprint density at radius 3 is 2.72 bits per heavy atom. The minimum absolute atomic E-state index is 0.135. The minimum Gasteiger partial charge on any atom is -0.342 e. The van der Waals surface area contributed by atoms with Crippen LogP contribution in [0.15, 0.2) is 66.3 Å². The number of thioether (sulfide) groups is 1. The number of aryl methyl sites for hydroxylation is 1. The number of allylic oxidation sites excluding steroid dienone is 1. The molecule has 0 saturated carbocycles. The Hall–Kier alpha value is -2.57. The maximum absolute atomic E-state index is 12.6. The first-order valence-electron chi connectivity index (χ1n) is 9.26. The number of rotatable bonds is 8. The second-order valence-corrected chi connectivity index (χ2v) is 8.10. The van der Waals surface area contributed by atoms with E-state index in [1.807, 2.05) is 60.9 Å². The van der Waals surface area contributed by atoms with E-state index in [0.29, 0.717) is 23.0 Å². The van der Waals surface area contributed by atoms with Crippen LogP contribution in [0.1, 0.15) is 40.3 Å². The van der Waals surface area contributed by atoms with Crippen LogP contribution in [0.3, 0.4) is 0 Å². The zero-order valence-electron chi connectivity index (χ0n) is 16.4. The number of carbonyl (C=O) groups excluding carboxylic acids is 1. The topological polar surface area (TPSA) is 59.8 Å². The second kappa shape index (κ2) is 9.76. The van der Waals surface area contributed by atoms with Crippen molar-refractivity contribution in [3.05, 3.63) is 88.7 Å². The summed E-state index contributed by atoms with van der Waals surface area (Å²) in [5, 5.41) is 13.2. The van der Waals surface area contributed by atoms with Crippen molar-refractivity contribution in [3.8, 4) is 0 Å². The van der Waals surface area contributed by atoms with Gasteiger partial charge in [0.25, 0.3) is 5.91 Å². The Bertz CT molecular complexity index is 1000. The Balaban J connectivity index is 1.73. The summed E-state index contributed by atoms with van der Waals surface area (Å²) in [6, 6.07) is 15.0. The number of halogens is 1. The third-order valence-electron chi connectivity index (χ3n) is 4.35. The summed E-state index contributed by atoms with van der Waals surface area (Å²) in [5.41, 5.74) is 2.82. The van der Waals surface area contributed by atoms with Gasteiger partial charge in [-0.2, -0.15) is 0 Å². The van der Waals surface area contributed by atoms with Crippen molar-refractivity contribution in [2.24, 2.45) is 0 Å². The number of carbonyl (C=O) groups is 1. The number of aromatic nitrogens is 3. The SMILES string of the molecule is C=CCn1c(SCc2ccc(Cl)cc2)nnc1[C@@H](C)NC(=O)c1cccc(C)c1. The second-order valence-electron chi connectivity index (χ2n) is 6.72. The average Bonchev–Trinajstić information content (AvgIpc) is 3.10. The molecule has 0 spiro atoms. The van der Waals surface area contributed by atoms with E-state index in [2.05, 4.69) is 22.1 Å². The number of amides is 1. The lowest BCUT2D eigenvalue weighted by Crippen LogP contribution is -2.28. The van der Waals surface area contributed by atoms with E-state index in [4.69, 9.17) is 11.6 Å². The van der Waals surface area contributed by atoms with E-state index in [1.165, 1.54) is 0 Å². The maximum Gasteiger partial charge on any atom is 0.251 e. The van der Waals surface area contributed by atoms with Crippen LogP contribution >= 0.6 is 23.4 Å². The lowest BCUT2D eigenvalue weighted by atomic mass is 10.1. The summed E-state index contributed by atoms with van der Waals surface area (Å²) in [5.74, 6) is 1.31. The highest BCUT2D eigenvalue weighted by molar-refractivity contribution is 7.98. The average molecular weight is 427 g/mol. The fourth-order valence-corrected chi connectivity index (χ4v) is 3.92. The van der Waals surface area contributed by atoms with Gasteiger partial charge in [-0.05, 0) is 43.7 Å². The number of hydrogen-bond acceptors (Lipinski definition) is 4. The van der Waals surface area contributed by atoms with Gasteiger partial charge in [-0.3, -0.25) is 4.79 Å². The molecule has 29 heavy (non-hydrogen) atoms. The molecule has 1 N–H and O–H groups in total. The third-order valence-corrected chi connectivity index (χ3v) is 5.64. The van der Waals surface area contributed by atoms with Gasteiger partial charge in [-0.15, -0.1) is 16.8 Å². The highest BCUT2D eigenvalue weighted by Gasteiger charge is 2.20. The monoisotopic (exact) mass is 426 g/mol. The van der Waals surface area contributed by atoms with Crippen molar-refractivity contribution in [2.75, 3.05) is 0 Å². The molecule has 0 saturated heterocycles. The molecule has 3 rings (SSSR count). The van der Waals surface area contributed by atoms with Crippen molar-refractivity contribution < 1.29 is 4.79 Å². The van der Waals surface area contributed by atoms with Crippen LogP contribution in [-0.2, 0) is 12.3 Å². The van der Waals surface area contributed by atoms with Gasteiger partial charge >= 0.3 is 0 Å². The van der Waals surface area contributed by atoms with Crippen LogP contribution in [0.4, 0.5) is 0 Å². The van der Waals surface area contributed by atoms with Crippen LogP contribution in [0, 0.1) is 6.92 Å². The first-order chi connectivity index (χ1) is 14.0. The van der Waals surface area contributed by atoms with Crippen LogP contribution in [0.25, 0.3) is 0 Å². The first-order valence-corrected chi connectivity index (χ1v) is 10.6. The molecule has 0 aliphatic carbocycles. The van der Waals surface area contributed by atoms with Crippen molar-refractivity contribution in [2.45, 2.75) is 37.3 Å². The highest BCUT2D eigenvalue weighted by atomic mass is 35.5. The van der Waals surface area contributed by atoms with E-state index in [0.717, 1.165) is 22.0 Å². The van der Waals surface area contributed by atoms with Gasteiger partial charge in [0.15, 0.2) is 11.0 Å². The molecule has 1 aromatic heterocycles. The molecule has 1 amide bonds. The largest absolute Gasteiger partial charge is 0.342 e. The normalized spacial score (nSPS) is 11.8. The fraction of sp³-hybridized carbons (Fsp3) is 0.227. The highest BCUT2D eigenvalue weighted by Crippen LogP contribution is 2.25. The fourth-order valence-electron chi connectivity index (χ4n) is 2.89. The maximum atomic E-state index is 12.6. The molecule has 0 radical (unpaired) electrons. The Morgan fingerprint density at radius 2 is 2.03 bits per heavy atom. The Kier molecular flexibility index (Phi) is 7.12. The summed E-state index contributed by atoms with van der Waals surface area (Å²) in [7, 11) is 0. The molecular formula is C22H23ClN4OS. The zero-order valence-corrected chi connectivity index (χ0v) is 18.0. The first kappa shape index (κ1) is 21.1. The molecule has 150 valence electrons. The van der Waals surface area contributed by atoms with E-state index in [-0.39, 0.29) is 11.9 Å². The molecule has 2 aromatic carbocycles. The number of hydrogen-bond donors (Lipinski definition) is 1. The van der Waals surface area contributed by atoms with Crippen LogP contribution in [0.2, 0.25) is 5.02 Å². The molecule has 0 fully saturated rings. The molecule has 3 aromatic rings. The molecule has 0 unspecified atom stereocenters. The van der Waals surface area contributed by atoms with E-state index in [1.54, 1.807) is 23.9 Å². The third kappa shape index (κ3) is 5.49. The van der Waals surface area contributed by atoms with Crippen molar-refractivity contribution in [1.29, 1.82) is 0 Å². The lowest BCUT2D eigenvalue weighted by Gasteiger charge is -2.15. The van der Waals surface area contributed by atoms with Crippen molar-refractivity contribution >= 4 is 29.3 Å². The number of benzene rings is 2. The molecular weight excluding hydrogens is 404 g/mol. The van der Waals surface area contributed by atoms with Gasteiger partial charge < -0.3 is 9.88 Å². The minimum atomic E-state index is -0.291. The lowest BCUT2D eigenvalue weighted by molar-refractivity contribution is 0.0937. The van der Waals surface area contributed by atoms with E-state index >= 15 is 0 Å². The van der Waals surface area contributed by atoms with Gasteiger partial charge in [-0.25, -0.2) is 0 Å². The van der Waals surface area contributed by atoms with Crippen molar-refractivity contribution in [1.82, 2.24) is 20.1 Å². The standard InChI is InChI=1S/C22H23ClN4OS/c1-4-12-27-20(16(3)24-21(28)18-7-5-6-15(2)13-18)25-26-22(27)29-14-17-8-10-19(23)11-9-17/h4-11,13,16H,1,12,14H2,2-3H3,(H,24,28)/t16-/m1/s1. The Labute approximate surface area is 180 Å². The Morgan fingerprint density at radius 1 is 1.28 bits per heavy atom. The summed E-state index contributed by atoms with van der Waals surface area (Å²) in [4.78, 5) is 12.6. The van der Waals surface area contributed by atoms with Crippen LogP contribution < -0.4 is 5.32 Å². The van der Waals surface area contributed by atoms with Crippen LogP contribution in [0.5, 0.6) is 0 Å². The summed E-state index contributed by atoms with van der Waals surface area (Å²) >= 11 is 7.54. The number of nitrogens with zero attached hydrogens (tertiary/aromatic N) is 3. The van der Waals surface area contributed by atoms with Gasteiger partial charge in [-0.1, -0.05) is 59.3 Å². The van der Waals surface area contributed by atoms with E-state index < -0.39 is 0 Å². The molecule has 0 bridgehead atoms. The molecule has 1 atom stereocenters. The predicted molar refractivity (Wildman–Crippen MR) is 118 cm³/mol. The molecule has 7 heteroatoms. The van der Waals surface area contributed by atoms with Crippen LogP contribution in [-0.4, -0.2) is 20.7 Å². The smallest absolute Gasteiger partial charge is 0.251 e. The van der Waals surface area contributed by atoms with Gasteiger partial charge in [0.05, 0.1) is 6.04 Å². The summed E-state index contributed by atoms with van der Waals surface area (Å²) < 4.78 is 1.98. The number of nitrogens with one attached hydrogen (secondary N) is 1. The van der Waals surface area contributed by atoms with Crippen molar-refractivity contribution in [3.63, 3.8) is 0 Å². The summed E-state index contributed by atoms with van der Waals surface area (Å²) in [6.45, 7) is 8.27. The molecule has 0 aliphatic rings. The molecule has 1 heterocycles. The quantitative estimate of drug-likeness (QED) is 0.396. The van der Waals surface area contributed by atoms with Gasteiger partial charge in [0.2, 0.25) is 0 Å². The zero-order chi connectivity index (χ0) is 20.8. The molecule has 0 aliphatic heterocycles. The van der Waals surface area contributed by atoms with Gasteiger partial charge in [0, 0.05) is 22.9 Å². The van der Waals surface area contributed by atoms with E-state index in [9.17, 15) is 4.79 Å². The summed E-state index contributed by atoms with van der Waals surface area (Å²) in [6.07, 6.45) is 1.80. The molecule has 5 nitrogen and oxygen atoms in total. The van der Waals surface area contributed by atoms with Gasteiger partial charge in [0.1, 0.15) is 0 Å².